The normalized spacial score (nSPS) is 13.6. The maximum absolute atomic E-state index is 12.7. The van der Waals surface area contributed by atoms with Gasteiger partial charge >= 0.3 is 12.1 Å². The molecule has 1 heterocycles. The predicted molar refractivity (Wildman–Crippen MR) is 340 cm³/mol. The zero-order valence-electron chi connectivity index (χ0n) is 54.9. The Labute approximate surface area is 497 Å². The van der Waals surface area contributed by atoms with Crippen LogP contribution in [0.4, 0.5) is 9.59 Å². The van der Waals surface area contributed by atoms with E-state index < -0.39 is 0 Å². The van der Waals surface area contributed by atoms with Crippen LogP contribution in [0.5, 0.6) is 23.0 Å². The summed E-state index contributed by atoms with van der Waals surface area (Å²) in [7, 11) is 0. The molecule has 8 bridgehead atoms. The Hall–Kier alpha value is -5.42. The molecule has 1 aliphatic heterocycles. The number of rotatable bonds is 20. The quantitative estimate of drug-likeness (QED) is 0.0649. The number of fused-ring (bicyclic) bond motifs is 8. The molecule has 0 fully saturated rings. The molecule has 11 nitrogen and oxygen atoms in total. The molecule has 0 saturated carbocycles. The first-order chi connectivity index (χ1) is 38.2. The molecule has 11 heteroatoms. The van der Waals surface area contributed by atoms with Crippen LogP contribution in [-0.2, 0) is 58.9 Å². The number of ether oxygens (including phenoxy) is 5. The van der Waals surface area contributed by atoms with Gasteiger partial charge in [0, 0.05) is 54.6 Å². The number of nitrogens with one attached hydrogen (secondary N) is 4. The SMILES string of the molecule is CCCCOc1c2cc(C(C)(C)C)cc1Cc1cc(C(C)(C)C)cc(c1OCCCCNC(=O)NC(C)(C)C)Cc1cc(C(C)(C)C)cc(c1OCCCC)Cc1cc(C(C)(C)C)cc(c1OCCCCNC(=O)NC(C)(C)C)COC2. The molecule has 0 radical (unpaired) electrons. The monoisotopic (exact) mass is 1130 g/mol. The van der Waals surface area contributed by atoms with Crippen LogP contribution in [-0.4, -0.2) is 62.7 Å². The number of carbonyl (C=O) groups is 2. The van der Waals surface area contributed by atoms with Crippen LogP contribution < -0.4 is 40.2 Å². The number of hydrogen-bond acceptors (Lipinski definition) is 7. The van der Waals surface area contributed by atoms with E-state index in [1.54, 1.807) is 0 Å². The van der Waals surface area contributed by atoms with E-state index in [-0.39, 0.29) is 44.8 Å². The van der Waals surface area contributed by atoms with E-state index in [0.717, 1.165) is 119 Å². The highest BCUT2D eigenvalue weighted by atomic mass is 16.5. The lowest BCUT2D eigenvalue weighted by Gasteiger charge is -2.29. The molecule has 4 N–H and O–H groups in total. The lowest BCUT2D eigenvalue weighted by atomic mass is 9.80. The van der Waals surface area contributed by atoms with E-state index in [1.807, 2.05) is 41.5 Å². The largest absolute Gasteiger partial charge is 0.493 e. The van der Waals surface area contributed by atoms with Gasteiger partial charge in [0.05, 0.1) is 39.6 Å². The smallest absolute Gasteiger partial charge is 0.315 e. The molecule has 5 rings (SSSR count). The van der Waals surface area contributed by atoms with E-state index in [2.05, 4.69) is 167 Å². The summed E-state index contributed by atoms with van der Waals surface area (Å²) in [5.74, 6) is 3.50. The third kappa shape index (κ3) is 21.0. The van der Waals surface area contributed by atoms with Crippen LogP contribution in [0, 0.1) is 0 Å². The van der Waals surface area contributed by atoms with Gasteiger partial charge in [0.2, 0.25) is 0 Å². The predicted octanol–water partition coefficient (Wildman–Crippen LogP) is 16.6. The van der Waals surface area contributed by atoms with Gasteiger partial charge in [0.1, 0.15) is 23.0 Å². The Morgan fingerprint density at radius 2 is 0.622 bits per heavy atom. The molecule has 0 spiro atoms. The van der Waals surface area contributed by atoms with E-state index in [9.17, 15) is 9.59 Å². The van der Waals surface area contributed by atoms with Gasteiger partial charge in [0.15, 0.2) is 0 Å². The minimum absolute atomic E-state index is 0.163. The molecule has 456 valence electrons. The lowest BCUT2D eigenvalue weighted by Crippen LogP contribution is -2.46. The lowest BCUT2D eigenvalue weighted by molar-refractivity contribution is 0.102. The van der Waals surface area contributed by atoms with Crippen molar-refractivity contribution in [3.05, 3.63) is 115 Å². The highest BCUT2D eigenvalue weighted by Gasteiger charge is 2.29. The van der Waals surface area contributed by atoms with Gasteiger partial charge in [-0.2, -0.15) is 0 Å². The molecular formula is C71H110N4O7. The molecule has 4 amide bonds. The molecule has 82 heavy (non-hydrogen) atoms. The minimum atomic E-state index is -0.324. The first-order valence-corrected chi connectivity index (χ1v) is 31.0. The standard InChI is InChI=1S/C71H110N4O7/c1-21-23-31-79-60-48-35-49-39-57(67(6,7)8)41-51(61(49)81-33-27-25-29-72-64(76)74-70(15,16)17)37-52-42-58(68(9,10)11)44-54(62(52)80-32-24-22-2)46-78-47-55-45-59(69(12,13)14)43-53(36-50(60)40-56(38-48)66(3,4)5)63(55)82-34-28-26-30-73-65(77)75-71(18,19)20/h38-45H,21-37,46-47H2,1-20H3,(H2,72,74,76)(H2,73,75,77). The number of unbranched alkanes of at least 4 members (excludes halogenated alkanes) is 4. The number of benzene rings is 4. The highest BCUT2D eigenvalue weighted by Crippen LogP contribution is 2.43. The first kappa shape index (κ1) is 67.4. The van der Waals surface area contributed by atoms with Gasteiger partial charge in [-0.05, 0) is 169 Å². The second-order valence-electron chi connectivity index (χ2n) is 29.3. The summed E-state index contributed by atoms with van der Waals surface area (Å²) in [5, 5.41) is 12.1. The number of hydrogen-bond donors (Lipinski definition) is 4. The second-order valence-corrected chi connectivity index (χ2v) is 29.3. The van der Waals surface area contributed by atoms with Crippen LogP contribution >= 0.6 is 0 Å². The van der Waals surface area contributed by atoms with Crippen molar-refractivity contribution in [2.24, 2.45) is 0 Å². The summed E-state index contributed by atoms with van der Waals surface area (Å²) in [6.07, 6.45) is 8.62. The molecular weight excluding hydrogens is 1020 g/mol. The molecule has 4 aromatic carbocycles. The van der Waals surface area contributed by atoms with Gasteiger partial charge in [-0.15, -0.1) is 0 Å². The maximum Gasteiger partial charge on any atom is 0.315 e. The first-order valence-electron chi connectivity index (χ1n) is 31.0. The minimum Gasteiger partial charge on any atom is -0.493 e. The molecule has 0 atom stereocenters. The summed E-state index contributed by atoms with van der Waals surface area (Å²) >= 11 is 0. The average Bonchev–Trinajstić information content (AvgIpc) is 2.89. The summed E-state index contributed by atoms with van der Waals surface area (Å²) in [6, 6.07) is 18.5. The molecule has 4 aromatic rings. The van der Waals surface area contributed by atoms with E-state index in [4.69, 9.17) is 23.7 Å². The zero-order valence-corrected chi connectivity index (χ0v) is 54.9. The van der Waals surface area contributed by atoms with Crippen molar-refractivity contribution in [2.45, 2.75) is 255 Å². The molecule has 1 aliphatic rings. The van der Waals surface area contributed by atoms with E-state index >= 15 is 0 Å². The third-order valence-corrected chi connectivity index (χ3v) is 14.8. The summed E-state index contributed by atoms with van der Waals surface area (Å²) in [6.45, 7) is 47.6. The van der Waals surface area contributed by atoms with Crippen LogP contribution in [0.25, 0.3) is 0 Å². The number of amides is 4. The number of carbonyl (C=O) groups excluding carboxylic acids is 2. The van der Waals surface area contributed by atoms with Gasteiger partial charge in [-0.3, -0.25) is 0 Å². The van der Waals surface area contributed by atoms with Crippen molar-refractivity contribution >= 4 is 12.1 Å². The van der Waals surface area contributed by atoms with Crippen molar-refractivity contribution in [3.8, 4) is 23.0 Å². The van der Waals surface area contributed by atoms with Crippen molar-refractivity contribution in [2.75, 3.05) is 39.5 Å². The molecule has 0 unspecified atom stereocenters. The Balaban J connectivity index is 1.82. The van der Waals surface area contributed by atoms with Gasteiger partial charge in [0.25, 0.3) is 0 Å². The van der Waals surface area contributed by atoms with Crippen LogP contribution in [0.2, 0.25) is 0 Å². The molecule has 0 saturated heterocycles. The van der Waals surface area contributed by atoms with Crippen molar-refractivity contribution in [3.63, 3.8) is 0 Å². The Bertz CT molecular complexity index is 2740. The van der Waals surface area contributed by atoms with Crippen LogP contribution in [0.3, 0.4) is 0 Å². The summed E-state index contributed by atoms with van der Waals surface area (Å²) in [5.41, 5.74) is 12.2. The topological polar surface area (TPSA) is 128 Å². The zero-order chi connectivity index (χ0) is 60.8. The van der Waals surface area contributed by atoms with E-state index in [1.165, 1.54) is 22.3 Å². The summed E-state index contributed by atoms with van der Waals surface area (Å²) < 4.78 is 35.5. The van der Waals surface area contributed by atoms with Gasteiger partial charge in [-0.1, -0.05) is 146 Å². The van der Waals surface area contributed by atoms with Crippen molar-refractivity contribution < 1.29 is 33.3 Å². The van der Waals surface area contributed by atoms with Crippen molar-refractivity contribution in [1.29, 1.82) is 0 Å². The fraction of sp³-hybridized carbons (Fsp3) is 0.634. The highest BCUT2D eigenvalue weighted by molar-refractivity contribution is 5.75. The average molecular weight is 1130 g/mol. The number of urea groups is 2. The second kappa shape index (κ2) is 28.9. The van der Waals surface area contributed by atoms with Gasteiger partial charge < -0.3 is 45.0 Å². The molecule has 0 aliphatic carbocycles. The molecule has 0 aromatic heterocycles. The Morgan fingerprint density at radius 3 is 0.866 bits per heavy atom. The van der Waals surface area contributed by atoms with Crippen LogP contribution in [0.1, 0.15) is 257 Å². The third-order valence-electron chi connectivity index (χ3n) is 14.8. The van der Waals surface area contributed by atoms with E-state index in [0.29, 0.717) is 72.0 Å². The van der Waals surface area contributed by atoms with Crippen LogP contribution in [0.15, 0.2) is 48.5 Å². The maximum atomic E-state index is 12.7. The van der Waals surface area contributed by atoms with Crippen molar-refractivity contribution in [1.82, 2.24) is 21.3 Å². The Morgan fingerprint density at radius 1 is 0.378 bits per heavy atom. The van der Waals surface area contributed by atoms with Gasteiger partial charge in [-0.25, -0.2) is 9.59 Å². The Kier molecular flexibility index (Phi) is 23.8. The fourth-order valence-corrected chi connectivity index (χ4v) is 9.99. The fourth-order valence-electron chi connectivity index (χ4n) is 9.99. The summed E-state index contributed by atoms with van der Waals surface area (Å²) in [4.78, 5) is 25.4.